The Bertz CT molecular complexity index is 2270. The van der Waals surface area contributed by atoms with Gasteiger partial charge in [0.25, 0.3) is 0 Å². The monoisotopic (exact) mass is 603 g/mol. The molecule has 1 aliphatic carbocycles. The van der Waals surface area contributed by atoms with Crippen molar-refractivity contribution in [3.63, 3.8) is 0 Å². The maximum Gasteiger partial charge on any atom is 0.167 e. The summed E-state index contributed by atoms with van der Waals surface area (Å²) in [5.74, 6) is 0.324. The predicted molar refractivity (Wildman–Crippen MR) is 168 cm³/mol. The Morgan fingerprint density at radius 3 is 2.42 bits per heavy atom. The minimum atomic E-state index is -1.46. The Morgan fingerprint density at radius 1 is 0.822 bits per heavy atom. The first-order chi connectivity index (χ1) is 21.9. The zero-order valence-electron chi connectivity index (χ0n) is 23.8. The van der Waals surface area contributed by atoms with Crippen LogP contribution in [0.15, 0.2) is 73.3 Å². The van der Waals surface area contributed by atoms with Crippen LogP contribution in [0.4, 0.5) is 5.82 Å². The van der Waals surface area contributed by atoms with Crippen LogP contribution in [0.25, 0.3) is 54.3 Å². The second-order valence-electron chi connectivity index (χ2n) is 12.1. The number of anilines is 1. The maximum absolute atomic E-state index is 11.6. The van der Waals surface area contributed by atoms with E-state index in [1.165, 1.54) is 6.33 Å². The molecule has 6 N–H and O–H groups in total. The van der Waals surface area contributed by atoms with Gasteiger partial charge in [0.1, 0.15) is 37.0 Å². The molecule has 5 aromatic carbocycles. The molecule has 226 valence electrons. The zero-order valence-corrected chi connectivity index (χ0v) is 23.8. The molecule has 1 aliphatic heterocycles. The summed E-state index contributed by atoms with van der Waals surface area (Å²) in [5, 5.41) is 65.5. The number of rotatable bonds is 4. The topological polar surface area (TPSA) is 166 Å². The van der Waals surface area contributed by atoms with E-state index in [9.17, 15) is 25.5 Å². The van der Waals surface area contributed by atoms with E-state index in [0.29, 0.717) is 28.1 Å². The second-order valence-corrected chi connectivity index (χ2v) is 12.1. The fraction of sp³-hybridized carbons (Fsp3) is 0.265. The number of nitrogens with zero attached hydrogens (tertiary/aromatic N) is 4. The number of hydrogen-bond acceptors (Lipinski definition) is 10. The maximum atomic E-state index is 11.6. The Labute approximate surface area is 255 Å². The normalized spacial score (nSPS) is 26.9. The Balaban J connectivity index is 1.27. The first-order valence-electron chi connectivity index (χ1n) is 15.0. The molecular formula is C34H29N5O6. The van der Waals surface area contributed by atoms with Crippen molar-refractivity contribution in [1.82, 2.24) is 19.5 Å². The highest BCUT2D eigenvalue weighted by atomic mass is 16.5. The van der Waals surface area contributed by atoms with Gasteiger partial charge in [-0.05, 0) is 60.3 Å². The number of fused-ring (bicyclic) bond motifs is 6. The largest absolute Gasteiger partial charge is 0.394 e. The van der Waals surface area contributed by atoms with Crippen LogP contribution in [-0.4, -0.2) is 76.1 Å². The molecule has 1 fully saturated rings. The van der Waals surface area contributed by atoms with Crippen LogP contribution < -0.4 is 5.32 Å². The number of aliphatic hydroxyl groups excluding tert-OH is 5. The smallest absolute Gasteiger partial charge is 0.167 e. The van der Waals surface area contributed by atoms with E-state index in [1.54, 1.807) is 10.9 Å². The lowest BCUT2D eigenvalue weighted by Gasteiger charge is -2.39. The Hall–Kier alpha value is -4.49. The molecule has 0 bridgehead atoms. The van der Waals surface area contributed by atoms with Crippen LogP contribution in [0, 0.1) is 0 Å². The summed E-state index contributed by atoms with van der Waals surface area (Å²) in [4.78, 5) is 13.5. The molecule has 0 unspecified atom stereocenters. The molecular weight excluding hydrogens is 574 g/mol. The third kappa shape index (κ3) is 3.70. The van der Waals surface area contributed by atoms with E-state index < -0.39 is 42.8 Å². The van der Waals surface area contributed by atoms with Gasteiger partial charge in [-0.1, -0.05) is 54.6 Å². The van der Waals surface area contributed by atoms with E-state index in [1.807, 2.05) is 24.3 Å². The fourth-order valence-electron chi connectivity index (χ4n) is 7.59. The minimum Gasteiger partial charge on any atom is -0.394 e. The van der Waals surface area contributed by atoms with Crippen molar-refractivity contribution < 1.29 is 30.3 Å². The first kappa shape index (κ1) is 26.9. The molecule has 7 aromatic rings. The van der Waals surface area contributed by atoms with Gasteiger partial charge in [0.15, 0.2) is 17.0 Å². The van der Waals surface area contributed by atoms with Gasteiger partial charge in [0, 0.05) is 6.42 Å². The van der Waals surface area contributed by atoms with Crippen LogP contribution in [0.3, 0.4) is 0 Å². The summed E-state index contributed by atoms with van der Waals surface area (Å²) < 4.78 is 7.53. The third-order valence-electron chi connectivity index (χ3n) is 9.70. The van der Waals surface area contributed by atoms with E-state index in [0.717, 1.165) is 43.1 Å². The lowest BCUT2D eigenvalue weighted by Crippen LogP contribution is -2.44. The Kier molecular flexibility index (Phi) is 5.82. The number of aliphatic hydroxyl groups is 5. The number of hydrogen-bond donors (Lipinski definition) is 6. The number of imidazole rings is 1. The molecule has 3 heterocycles. The van der Waals surface area contributed by atoms with Crippen LogP contribution in [0.1, 0.15) is 35.9 Å². The molecule has 7 atom stereocenters. The second kappa shape index (κ2) is 9.75. The molecule has 2 aliphatic rings. The standard InChI is InChI=1S/C34H29N5O6/c40-12-22-21(41)11-23(45-22)39-14-37-29-33(35-13-36-34(29)39)38-28-27-20(30(42)32(44)31(28)43)10-16-9-8-15-4-3-7-18-17-5-1-2-6-19(17)26(27)25(16)24(15)18/h1-10,13-14,21-23,28,30-32,40-44H,11-12H2,(H,35,36,38)/t21-,22+,23+,28-,30+,31+,32-/m0/s1. The summed E-state index contributed by atoms with van der Waals surface area (Å²) in [7, 11) is 0. The van der Waals surface area contributed by atoms with Crippen molar-refractivity contribution in [2.45, 2.75) is 49.2 Å². The summed E-state index contributed by atoms with van der Waals surface area (Å²) in [5.41, 5.74) is 2.05. The van der Waals surface area contributed by atoms with Gasteiger partial charge >= 0.3 is 0 Å². The first-order valence-corrected chi connectivity index (χ1v) is 15.0. The molecule has 11 nitrogen and oxygen atoms in total. The van der Waals surface area contributed by atoms with Gasteiger partial charge in [0.2, 0.25) is 0 Å². The van der Waals surface area contributed by atoms with Gasteiger partial charge in [-0.2, -0.15) is 0 Å². The molecule has 9 rings (SSSR count). The SMILES string of the molecule is OC[C@H]1O[C@@H](n2cnc3c(N[C@H]4c5c(cc6ccc7cccc8c9ccccc9c5c6c78)[C@@H](O)[C@H](O)[C@@H]4O)ncnc32)C[C@@H]1O. The summed E-state index contributed by atoms with van der Waals surface area (Å²) in [6, 6.07) is 19.5. The van der Waals surface area contributed by atoms with Gasteiger partial charge < -0.3 is 35.6 Å². The summed E-state index contributed by atoms with van der Waals surface area (Å²) in [6.45, 7) is -0.309. The van der Waals surface area contributed by atoms with Gasteiger partial charge in [-0.25, -0.2) is 15.0 Å². The fourth-order valence-corrected chi connectivity index (χ4v) is 7.59. The summed E-state index contributed by atoms with van der Waals surface area (Å²) in [6.07, 6.45) is -3.12. The van der Waals surface area contributed by atoms with Crippen LogP contribution >= 0.6 is 0 Å². The van der Waals surface area contributed by atoms with E-state index in [4.69, 9.17) is 4.74 Å². The number of aromatic nitrogens is 4. The van der Waals surface area contributed by atoms with E-state index in [-0.39, 0.29) is 13.0 Å². The zero-order chi connectivity index (χ0) is 30.6. The molecule has 2 aromatic heterocycles. The van der Waals surface area contributed by atoms with Crippen LogP contribution in [0.5, 0.6) is 0 Å². The van der Waals surface area contributed by atoms with Crippen molar-refractivity contribution >= 4 is 60.1 Å². The lowest BCUT2D eigenvalue weighted by atomic mass is 9.76. The predicted octanol–water partition coefficient (Wildman–Crippen LogP) is 3.44. The molecule has 0 amide bonds. The quantitative estimate of drug-likeness (QED) is 0.130. The van der Waals surface area contributed by atoms with Crippen molar-refractivity contribution in [3.8, 4) is 0 Å². The molecule has 0 radical (unpaired) electrons. The molecule has 0 spiro atoms. The highest BCUT2D eigenvalue weighted by Gasteiger charge is 2.43. The minimum absolute atomic E-state index is 0.258. The number of ether oxygens (including phenoxy) is 1. The van der Waals surface area contributed by atoms with Crippen LogP contribution in [-0.2, 0) is 4.74 Å². The van der Waals surface area contributed by atoms with Crippen LogP contribution in [0.2, 0.25) is 0 Å². The van der Waals surface area contributed by atoms with Gasteiger partial charge in [0.05, 0.1) is 25.1 Å². The number of nitrogens with one attached hydrogen (secondary N) is 1. The molecule has 45 heavy (non-hydrogen) atoms. The highest BCUT2D eigenvalue weighted by molar-refractivity contribution is 6.34. The average Bonchev–Trinajstić information content (AvgIpc) is 3.68. The highest BCUT2D eigenvalue weighted by Crippen LogP contribution is 2.49. The Morgan fingerprint density at radius 2 is 1.60 bits per heavy atom. The molecule has 0 saturated carbocycles. The molecule has 1 saturated heterocycles. The van der Waals surface area contributed by atoms with E-state index >= 15 is 0 Å². The summed E-state index contributed by atoms with van der Waals surface area (Å²) >= 11 is 0. The van der Waals surface area contributed by atoms with E-state index in [2.05, 4.69) is 56.7 Å². The molecule has 11 heteroatoms. The van der Waals surface area contributed by atoms with Crippen molar-refractivity contribution in [3.05, 3.63) is 84.4 Å². The average molecular weight is 604 g/mol. The van der Waals surface area contributed by atoms with Crippen molar-refractivity contribution in [1.29, 1.82) is 0 Å². The van der Waals surface area contributed by atoms with Gasteiger partial charge in [-0.3, -0.25) is 4.57 Å². The lowest BCUT2D eigenvalue weighted by molar-refractivity contribution is -0.0766. The van der Waals surface area contributed by atoms with Crippen molar-refractivity contribution in [2.24, 2.45) is 0 Å². The van der Waals surface area contributed by atoms with Gasteiger partial charge in [-0.15, -0.1) is 0 Å². The third-order valence-corrected chi connectivity index (χ3v) is 9.70. The van der Waals surface area contributed by atoms with Crippen molar-refractivity contribution in [2.75, 3.05) is 11.9 Å². The number of benzene rings is 5.